The minimum atomic E-state index is -1.36. The van der Waals surface area contributed by atoms with Crippen LogP contribution >= 0.6 is 34.4 Å². The van der Waals surface area contributed by atoms with E-state index in [-0.39, 0.29) is 83.4 Å². The van der Waals surface area contributed by atoms with Gasteiger partial charge in [0.25, 0.3) is 0 Å². The molecule has 0 aliphatic carbocycles. The van der Waals surface area contributed by atoms with Crippen LogP contribution in [0, 0.1) is 23.7 Å². The quantitative estimate of drug-likeness (QED) is 0.0145. The first-order valence-electron chi connectivity index (χ1n) is 36.7. The standard InChI is InChI=1S/C75H115IN10O17S/c1-15-17-18-19-23-37-75(10,76)104-57-42-61(90)86(72(57)98)40-36-59(88)85-39-25-29-55(85)70(96)77-43-58(87)80-53(34-35-62(91)92)69(95)79-52-32-30-50(31-33-52)44-103-74(100)83(12)64(46(5)6)71(97)81-63(45(3)4)73(99)82(11)65(47(7)16-2)56(101-13)41-60(89)84-38-24-28-54(84)67(102-14)48(8)68(94)78-49(9)66(93)51-26-21-20-22-27-51/h20-22,26-27,30-33,45-49,53-57,63-67,93H,15-19,23-25,28-29,34-44H2,1-14H3,(H,77,96)(H,78,94)(H,79,95)(H,80,87)(H,81,97)(H,91,92)/t47-,48+,49+,53-,54-,55-,56+,57?,63-,64-,65-,66+,67+,75?/m0/s1. The summed E-state index contributed by atoms with van der Waals surface area (Å²) in [4.78, 5) is 170. The Morgan fingerprint density at radius 1 is 0.760 bits per heavy atom. The van der Waals surface area contributed by atoms with E-state index in [1.807, 2.05) is 32.0 Å². The van der Waals surface area contributed by atoms with E-state index in [0.29, 0.717) is 49.8 Å². The maximum atomic E-state index is 14.8. The second kappa shape index (κ2) is 42.4. The molecule has 3 saturated heterocycles. The lowest BCUT2D eigenvalue weighted by molar-refractivity contribution is -0.148. The fourth-order valence-electron chi connectivity index (χ4n) is 14.0. The van der Waals surface area contributed by atoms with Crippen LogP contribution in [-0.2, 0) is 73.6 Å². The number of nitrogens with one attached hydrogen (secondary N) is 5. The summed E-state index contributed by atoms with van der Waals surface area (Å²) in [6.07, 6.45) is 4.87. The van der Waals surface area contributed by atoms with Gasteiger partial charge in [-0.25, -0.2) is 4.79 Å². The molecule has 11 amide bonds. The van der Waals surface area contributed by atoms with Crippen molar-refractivity contribution in [3.8, 4) is 0 Å². The van der Waals surface area contributed by atoms with Crippen LogP contribution < -0.4 is 26.6 Å². The Morgan fingerprint density at radius 3 is 2.03 bits per heavy atom. The highest BCUT2D eigenvalue weighted by atomic mass is 127. The molecule has 7 N–H and O–H groups in total. The van der Waals surface area contributed by atoms with Gasteiger partial charge in [0.15, 0.2) is 0 Å². The van der Waals surface area contributed by atoms with Crippen LogP contribution in [0.15, 0.2) is 54.6 Å². The molecule has 5 rings (SSSR count). The van der Waals surface area contributed by atoms with Gasteiger partial charge >= 0.3 is 12.1 Å². The number of aliphatic hydroxyl groups excluding tert-OH is 1. The molecule has 0 spiro atoms. The van der Waals surface area contributed by atoms with Crippen molar-refractivity contribution in [3.63, 3.8) is 0 Å². The number of hydrogen-bond donors (Lipinski definition) is 7. The third-order valence-electron chi connectivity index (χ3n) is 20.1. The molecule has 2 unspecified atom stereocenters. The van der Waals surface area contributed by atoms with Crippen molar-refractivity contribution in [3.05, 3.63) is 65.7 Å². The zero-order valence-corrected chi connectivity index (χ0v) is 66.2. The first kappa shape index (κ1) is 87.7. The van der Waals surface area contributed by atoms with E-state index in [1.54, 1.807) is 77.8 Å². The Hall–Kier alpha value is -6.96. The maximum Gasteiger partial charge on any atom is 0.410 e. The second-order valence-electron chi connectivity index (χ2n) is 28.7. The normalized spacial score (nSPS) is 19.5. The molecule has 27 nitrogen and oxygen atoms in total. The van der Waals surface area contributed by atoms with Gasteiger partial charge in [-0.15, -0.1) is 11.8 Å². The lowest BCUT2D eigenvalue weighted by Crippen LogP contribution is -2.60. The first-order chi connectivity index (χ1) is 49.2. The molecule has 3 aliphatic heterocycles. The number of alkyl halides is 1. The number of hydrogen-bond acceptors (Lipinski definition) is 17. The number of aliphatic hydroxyl groups is 1. The number of unbranched alkanes of at least 4 members (excludes halogenated alkanes) is 4. The number of aliphatic carboxylic acids is 1. The zero-order chi connectivity index (χ0) is 77.3. The maximum absolute atomic E-state index is 14.8. The number of nitrogens with zero attached hydrogens (tertiary/aromatic N) is 5. The number of rotatable bonds is 42. The number of benzene rings is 2. The van der Waals surface area contributed by atoms with Crippen molar-refractivity contribution in [1.29, 1.82) is 0 Å². The third kappa shape index (κ3) is 25.4. The minimum Gasteiger partial charge on any atom is -0.481 e. The fourth-order valence-corrected chi connectivity index (χ4v) is 16.6. The van der Waals surface area contributed by atoms with E-state index < -0.39 is 144 Å². The molecule has 0 aromatic heterocycles. The average molecular weight is 1590 g/mol. The van der Waals surface area contributed by atoms with E-state index in [9.17, 15) is 67.7 Å². The molecule has 29 heteroatoms. The number of likely N-dealkylation sites (N-methyl/N-ethyl adjacent to an activating group) is 2. The molecule has 580 valence electrons. The number of imide groups is 1. The van der Waals surface area contributed by atoms with Crippen LogP contribution in [0.2, 0.25) is 0 Å². The topological polar surface area (TPSA) is 349 Å². The number of likely N-dealkylation sites (tertiary alicyclic amines) is 3. The van der Waals surface area contributed by atoms with Crippen LogP contribution in [0.3, 0.4) is 0 Å². The molecule has 104 heavy (non-hydrogen) atoms. The molecule has 2 aromatic carbocycles. The number of halogens is 1. The van der Waals surface area contributed by atoms with Crippen molar-refractivity contribution in [2.24, 2.45) is 23.7 Å². The Kier molecular flexibility index (Phi) is 35.7. The van der Waals surface area contributed by atoms with Gasteiger partial charge in [-0.2, -0.15) is 0 Å². The Bertz CT molecular complexity index is 3220. The summed E-state index contributed by atoms with van der Waals surface area (Å²) >= 11 is 3.83. The number of methoxy groups -OCH3 is 2. The predicted molar refractivity (Wildman–Crippen MR) is 403 cm³/mol. The molecule has 0 radical (unpaired) electrons. The van der Waals surface area contributed by atoms with E-state index in [1.165, 1.54) is 61.4 Å². The summed E-state index contributed by atoms with van der Waals surface area (Å²) in [6, 6.07) is 8.98. The fraction of sp³-hybridized carbons (Fsp3) is 0.680. The summed E-state index contributed by atoms with van der Waals surface area (Å²) in [6.45, 7) is 18.4. The van der Waals surface area contributed by atoms with Crippen molar-refractivity contribution < 1.29 is 82.0 Å². The average Bonchev–Trinajstić information content (AvgIpc) is 1.34. The van der Waals surface area contributed by atoms with Crippen molar-refractivity contribution >= 4 is 111 Å². The molecule has 0 saturated carbocycles. The Balaban J connectivity index is 1.13. The molecule has 3 heterocycles. The smallest absolute Gasteiger partial charge is 0.410 e. The number of thioether (sulfide) groups is 1. The van der Waals surface area contributed by atoms with E-state index in [4.69, 9.17) is 14.2 Å². The molecule has 14 atom stereocenters. The SMILES string of the molecule is CCCCCCCC(C)(I)SC1CC(=O)N(CCC(=O)N2CCC[C@H]2C(=O)NCC(=O)N[C@@H](CCC(=O)O)C(=O)Nc2ccc(COC(=O)N(C)[C@H](C(=O)N[C@H](C(=O)N(C)[C@@H]([C@@H](C)CC)[C@@H](CC(=O)N3CCC[C@H]3[C@H](OC)[C@@H](C)C(=O)N[C@H](C)[C@@H](O)c3ccccc3)OC)C(C)C)C(C)C)cc2)C1=O. The molecule has 3 aliphatic rings. The van der Waals surface area contributed by atoms with Crippen molar-refractivity contribution in [2.75, 3.05) is 59.8 Å². The van der Waals surface area contributed by atoms with Gasteiger partial charge in [-0.05, 0) is 93.4 Å². The Labute approximate surface area is 631 Å². The van der Waals surface area contributed by atoms with Gasteiger partial charge in [0.1, 0.15) is 30.8 Å². The highest BCUT2D eigenvalue weighted by Gasteiger charge is 2.46. The largest absolute Gasteiger partial charge is 0.481 e. The monoisotopic (exact) mass is 1590 g/mol. The van der Waals surface area contributed by atoms with Gasteiger partial charge in [0.2, 0.25) is 59.1 Å². The van der Waals surface area contributed by atoms with Crippen molar-refractivity contribution in [2.45, 2.75) is 247 Å². The zero-order valence-electron chi connectivity index (χ0n) is 63.2. The van der Waals surface area contributed by atoms with Crippen LogP contribution in [0.1, 0.15) is 189 Å². The van der Waals surface area contributed by atoms with Gasteiger partial charge in [0.05, 0.1) is 63.3 Å². The first-order valence-corrected chi connectivity index (χ1v) is 38.7. The van der Waals surface area contributed by atoms with E-state index in [0.717, 1.165) is 41.9 Å². The van der Waals surface area contributed by atoms with Crippen LogP contribution in [0.4, 0.5) is 10.5 Å². The molecular weight excluding hydrogens is 1470 g/mol. The van der Waals surface area contributed by atoms with Gasteiger partial charge in [0, 0.05) is 72.9 Å². The number of carboxylic acid groups (broad SMARTS) is 1. The minimum absolute atomic E-state index is 0.0548. The third-order valence-corrected chi connectivity index (χ3v) is 22.8. The van der Waals surface area contributed by atoms with Crippen LogP contribution in [0.25, 0.3) is 0 Å². The highest BCUT2D eigenvalue weighted by Crippen LogP contribution is 2.43. The lowest BCUT2D eigenvalue weighted by atomic mass is 9.89. The number of carboxylic acids is 1. The number of anilines is 1. The number of ether oxygens (including phenoxy) is 3. The summed E-state index contributed by atoms with van der Waals surface area (Å²) in [5.74, 6) is -7.93. The predicted octanol–water partition coefficient (Wildman–Crippen LogP) is 7.74. The second-order valence-corrected chi connectivity index (χ2v) is 33.6. The Morgan fingerprint density at radius 2 is 1.41 bits per heavy atom. The van der Waals surface area contributed by atoms with Crippen LogP contribution in [0.5, 0.6) is 0 Å². The van der Waals surface area contributed by atoms with E-state index in [2.05, 4.69) is 63.0 Å². The molecule has 2 aromatic rings. The van der Waals surface area contributed by atoms with Gasteiger partial charge in [-0.3, -0.25) is 62.5 Å². The summed E-state index contributed by atoms with van der Waals surface area (Å²) in [7, 11) is 6.04. The summed E-state index contributed by atoms with van der Waals surface area (Å²) in [5.41, 5.74) is 1.38. The number of amides is 11. The summed E-state index contributed by atoms with van der Waals surface area (Å²) < 4.78 is 17.5. The lowest BCUT2D eigenvalue weighted by Gasteiger charge is -2.41. The van der Waals surface area contributed by atoms with Crippen molar-refractivity contribution in [1.82, 2.24) is 45.8 Å². The van der Waals surface area contributed by atoms with Crippen LogP contribution in [-0.4, -0.2) is 223 Å². The van der Waals surface area contributed by atoms with Gasteiger partial charge < -0.3 is 65.7 Å². The molecular formula is C75H115IN10O17S. The van der Waals surface area contributed by atoms with Gasteiger partial charge in [-0.1, -0.05) is 159 Å². The number of carbonyl (C=O) groups excluding carboxylic acids is 11. The number of carbonyl (C=O) groups is 12. The molecule has 0 bridgehead atoms. The highest BCUT2D eigenvalue weighted by molar-refractivity contribution is 14.1. The van der Waals surface area contributed by atoms with E-state index >= 15 is 0 Å². The summed E-state index contributed by atoms with van der Waals surface area (Å²) in [5, 5.41) is 33.5. The molecule has 3 fully saturated rings.